The molecule has 5 heteroatoms. The number of hydrogen-bond donors (Lipinski definition) is 1. The standard InChI is InChI=1S/C8H6ClN3O/c9-6-5-3-1-4(3)8(13)12-7(5)11-2-10-6/h2-4H,1H2,(H,10,11,12,13). The first kappa shape index (κ1) is 7.26. The SMILES string of the molecule is O=C1Nc2ncnc(Cl)c2C2CC12. The molecule has 1 amide bonds. The molecule has 2 heterocycles. The normalized spacial score (nSPS) is 28.8. The van der Waals surface area contributed by atoms with Gasteiger partial charge in [0.25, 0.3) is 0 Å². The van der Waals surface area contributed by atoms with E-state index in [4.69, 9.17) is 11.6 Å². The number of fused-ring (bicyclic) bond motifs is 3. The Morgan fingerprint density at radius 3 is 3.15 bits per heavy atom. The molecule has 13 heavy (non-hydrogen) atoms. The number of halogens is 1. The number of carbonyl (C=O) groups is 1. The van der Waals surface area contributed by atoms with Crippen LogP contribution < -0.4 is 5.32 Å². The van der Waals surface area contributed by atoms with E-state index in [0.29, 0.717) is 11.0 Å². The number of anilines is 1. The highest BCUT2D eigenvalue weighted by molar-refractivity contribution is 6.30. The van der Waals surface area contributed by atoms with Crippen molar-refractivity contribution in [1.29, 1.82) is 0 Å². The first-order valence-corrected chi connectivity index (χ1v) is 4.46. The summed E-state index contributed by atoms with van der Waals surface area (Å²) in [4.78, 5) is 19.2. The minimum absolute atomic E-state index is 0.0623. The van der Waals surface area contributed by atoms with Crippen LogP contribution in [0.3, 0.4) is 0 Å². The topological polar surface area (TPSA) is 54.9 Å². The number of hydrogen-bond acceptors (Lipinski definition) is 3. The molecular weight excluding hydrogens is 190 g/mol. The highest BCUT2D eigenvalue weighted by Crippen LogP contribution is 2.54. The summed E-state index contributed by atoms with van der Waals surface area (Å²) in [5.74, 6) is 1.02. The van der Waals surface area contributed by atoms with Crippen molar-refractivity contribution in [3.8, 4) is 0 Å². The van der Waals surface area contributed by atoms with Crippen molar-refractivity contribution in [3.63, 3.8) is 0 Å². The van der Waals surface area contributed by atoms with Gasteiger partial charge in [-0.05, 0) is 6.42 Å². The Kier molecular flexibility index (Phi) is 1.23. The molecule has 4 nitrogen and oxygen atoms in total. The molecular formula is C8H6ClN3O. The van der Waals surface area contributed by atoms with Gasteiger partial charge in [-0.1, -0.05) is 11.6 Å². The molecule has 0 spiro atoms. The minimum atomic E-state index is 0.0623. The smallest absolute Gasteiger partial charge is 0.229 e. The first-order chi connectivity index (χ1) is 6.27. The van der Waals surface area contributed by atoms with Gasteiger partial charge in [0, 0.05) is 17.4 Å². The number of amides is 1. The van der Waals surface area contributed by atoms with E-state index in [1.54, 1.807) is 0 Å². The van der Waals surface area contributed by atoms with Gasteiger partial charge in [0.2, 0.25) is 5.91 Å². The van der Waals surface area contributed by atoms with Crippen molar-refractivity contribution in [2.75, 3.05) is 5.32 Å². The number of nitrogens with one attached hydrogen (secondary N) is 1. The van der Waals surface area contributed by atoms with E-state index in [2.05, 4.69) is 15.3 Å². The maximum absolute atomic E-state index is 11.3. The molecule has 66 valence electrons. The summed E-state index contributed by atoms with van der Waals surface area (Å²) < 4.78 is 0. The van der Waals surface area contributed by atoms with Gasteiger partial charge in [-0.2, -0.15) is 0 Å². The summed E-state index contributed by atoms with van der Waals surface area (Å²) >= 11 is 5.91. The number of aromatic nitrogens is 2. The Morgan fingerprint density at radius 2 is 2.31 bits per heavy atom. The molecule has 0 radical (unpaired) electrons. The van der Waals surface area contributed by atoms with Gasteiger partial charge in [-0.25, -0.2) is 9.97 Å². The van der Waals surface area contributed by atoms with E-state index >= 15 is 0 Å². The maximum Gasteiger partial charge on any atom is 0.229 e. The molecule has 1 aliphatic carbocycles. The van der Waals surface area contributed by atoms with Crippen molar-refractivity contribution in [2.24, 2.45) is 5.92 Å². The molecule has 2 aliphatic rings. The summed E-state index contributed by atoms with van der Waals surface area (Å²) in [6, 6.07) is 0. The Bertz CT molecular complexity index is 406. The van der Waals surface area contributed by atoms with Gasteiger partial charge in [0.05, 0.1) is 0 Å². The Morgan fingerprint density at radius 1 is 1.46 bits per heavy atom. The lowest BCUT2D eigenvalue weighted by atomic mass is 10.1. The zero-order valence-electron chi connectivity index (χ0n) is 6.62. The molecule has 1 N–H and O–H groups in total. The van der Waals surface area contributed by atoms with Gasteiger partial charge in [0.15, 0.2) is 0 Å². The summed E-state index contributed by atoms with van der Waals surface area (Å²) in [5, 5.41) is 3.19. The van der Waals surface area contributed by atoms with E-state index in [1.165, 1.54) is 6.33 Å². The monoisotopic (exact) mass is 195 g/mol. The predicted octanol–water partition coefficient (Wildman–Crippen LogP) is 1.19. The maximum atomic E-state index is 11.3. The van der Waals surface area contributed by atoms with Gasteiger partial charge in [0.1, 0.15) is 17.3 Å². The molecule has 1 aromatic rings. The molecule has 0 bridgehead atoms. The summed E-state index contributed by atoms with van der Waals surface area (Å²) in [7, 11) is 0. The zero-order valence-corrected chi connectivity index (χ0v) is 7.38. The van der Waals surface area contributed by atoms with Crippen molar-refractivity contribution in [1.82, 2.24) is 9.97 Å². The lowest BCUT2D eigenvalue weighted by Gasteiger charge is -2.14. The average molecular weight is 196 g/mol. The molecule has 1 fully saturated rings. The van der Waals surface area contributed by atoms with Crippen molar-refractivity contribution >= 4 is 23.3 Å². The van der Waals surface area contributed by atoms with Crippen LogP contribution in [0.25, 0.3) is 0 Å². The minimum Gasteiger partial charge on any atom is -0.310 e. The third-order valence-electron chi connectivity index (χ3n) is 2.57. The van der Waals surface area contributed by atoms with Crippen molar-refractivity contribution < 1.29 is 4.79 Å². The molecule has 1 saturated carbocycles. The fraction of sp³-hybridized carbons (Fsp3) is 0.375. The lowest BCUT2D eigenvalue weighted by molar-refractivity contribution is -0.117. The van der Waals surface area contributed by atoms with E-state index in [-0.39, 0.29) is 17.7 Å². The highest BCUT2D eigenvalue weighted by Gasteiger charge is 2.50. The lowest BCUT2D eigenvalue weighted by Crippen LogP contribution is -2.21. The van der Waals surface area contributed by atoms with Crippen LogP contribution in [0.4, 0.5) is 5.82 Å². The number of nitrogens with zero attached hydrogens (tertiary/aromatic N) is 2. The molecule has 2 atom stereocenters. The Balaban J connectivity index is 2.20. The summed E-state index contributed by atoms with van der Waals surface area (Å²) in [6.45, 7) is 0. The second kappa shape index (κ2) is 2.20. The fourth-order valence-electron chi connectivity index (χ4n) is 1.82. The van der Waals surface area contributed by atoms with Crippen LogP contribution in [-0.4, -0.2) is 15.9 Å². The molecule has 0 aromatic carbocycles. The van der Waals surface area contributed by atoms with E-state index in [9.17, 15) is 4.79 Å². The molecule has 1 aliphatic heterocycles. The van der Waals surface area contributed by atoms with Crippen LogP contribution in [0, 0.1) is 5.92 Å². The van der Waals surface area contributed by atoms with Gasteiger partial charge in [-0.3, -0.25) is 4.79 Å². The van der Waals surface area contributed by atoms with Crippen LogP contribution in [-0.2, 0) is 4.79 Å². The number of carbonyl (C=O) groups excluding carboxylic acids is 1. The van der Waals surface area contributed by atoms with Crippen LogP contribution in [0.1, 0.15) is 17.9 Å². The van der Waals surface area contributed by atoms with Gasteiger partial charge in [-0.15, -0.1) is 0 Å². The van der Waals surface area contributed by atoms with E-state index < -0.39 is 0 Å². The zero-order chi connectivity index (χ0) is 9.00. The molecule has 1 aromatic heterocycles. The average Bonchev–Trinajstić information content (AvgIpc) is 2.83. The van der Waals surface area contributed by atoms with E-state index in [0.717, 1.165) is 12.0 Å². The third kappa shape index (κ3) is 0.891. The molecule has 3 rings (SSSR count). The van der Waals surface area contributed by atoms with Gasteiger partial charge < -0.3 is 5.32 Å². The third-order valence-corrected chi connectivity index (χ3v) is 2.88. The van der Waals surface area contributed by atoms with Crippen LogP contribution >= 0.6 is 11.6 Å². The van der Waals surface area contributed by atoms with Crippen LogP contribution in [0.2, 0.25) is 5.15 Å². The molecule has 0 saturated heterocycles. The number of rotatable bonds is 0. The largest absolute Gasteiger partial charge is 0.310 e. The first-order valence-electron chi connectivity index (χ1n) is 4.08. The Labute approximate surface area is 79.3 Å². The molecule has 2 unspecified atom stereocenters. The second-order valence-corrected chi connectivity index (χ2v) is 3.72. The second-order valence-electron chi connectivity index (χ2n) is 3.36. The quantitative estimate of drug-likeness (QED) is 0.633. The summed E-state index contributed by atoms with van der Waals surface area (Å²) in [5.41, 5.74) is 0.911. The summed E-state index contributed by atoms with van der Waals surface area (Å²) in [6.07, 6.45) is 2.25. The van der Waals surface area contributed by atoms with E-state index in [1.807, 2.05) is 0 Å². The van der Waals surface area contributed by atoms with Crippen LogP contribution in [0.15, 0.2) is 6.33 Å². The van der Waals surface area contributed by atoms with Crippen molar-refractivity contribution in [3.05, 3.63) is 17.0 Å². The predicted molar refractivity (Wildman–Crippen MR) is 46.5 cm³/mol. The highest BCUT2D eigenvalue weighted by atomic mass is 35.5. The fourth-order valence-corrected chi connectivity index (χ4v) is 2.09. The van der Waals surface area contributed by atoms with Gasteiger partial charge >= 0.3 is 0 Å². The van der Waals surface area contributed by atoms with Crippen molar-refractivity contribution in [2.45, 2.75) is 12.3 Å². The van der Waals surface area contributed by atoms with Crippen LogP contribution in [0.5, 0.6) is 0 Å². The Hall–Kier alpha value is -1.16.